The highest BCUT2D eigenvalue weighted by atomic mass is 16.2. The van der Waals surface area contributed by atoms with Crippen LogP contribution in [0.15, 0.2) is 48.8 Å². The van der Waals surface area contributed by atoms with Crippen LogP contribution in [-0.2, 0) is 23.1 Å². The lowest BCUT2D eigenvalue weighted by Crippen LogP contribution is -2.19. The smallest absolute Gasteiger partial charge is 0.231 e. The molecule has 144 valence electrons. The van der Waals surface area contributed by atoms with Crippen LogP contribution in [0.3, 0.4) is 0 Å². The van der Waals surface area contributed by atoms with E-state index in [-0.39, 0.29) is 17.7 Å². The van der Waals surface area contributed by atoms with Crippen molar-refractivity contribution in [3.8, 4) is 0 Å². The Morgan fingerprint density at radius 2 is 2.04 bits per heavy atom. The molecule has 0 bridgehead atoms. The number of Topliss-reactive ketones (excluding diaryl/α,β-unsaturated/α-hetero) is 1. The van der Waals surface area contributed by atoms with Crippen molar-refractivity contribution >= 4 is 28.4 Å². The summed E-state index contributed by atoms with van der Waals surface area (Å²) < 4.78 is 1.95. The molecule has 1 aliphatic carbocycles. The first-order valence-corrected chi connectivity index (χ1v) is 9.85. The van der Waals surface area contributed by atoms with Crippen molar-refractivity contribution in [2.24, 2.45) is 13.0 Å². The highest BCUT2D eigenvalue weighted by Crippen LogP contribution is 2.26. The maximum atomic E-state index is 12.7. The van der Waals surface area contributed by atoms with Crippen LogP contribution in [0, 0.1) is 5.92 Å². The molecule has 3 aromatic rings. The number of fused-ring (bicyclic) bond motifs is 1. The standard InChI is InChI=1S/C23H25N3O2/c1-15(17-8-6-16(7-9-17)12-18-4-3-5-22(18)27)23(28)25-19-10-11-21-20(13-19)24-14-26(21)2/h6-11,13-15,18H,3-5,12H2,1-2H3,(H,25,28)/t15-,18-/m0/s1. The first-order valence-electron chi connectivity index (χ1n) is 9.85. The number of imidazole rings is 1. The lowest BCUT2D eigenvalue weighted by Gasteiger charge is -2.14. The number of anilines is 1. The average molecular weight is 375 g/mol. The van der Waals surface area contributed by atoms with Gasteiger partial charge in [-0.15, -0.1) is 0 Å². The van der Waals surface area contributed by atoms with Crippen LogP contribution in [0.25, 0.3) is 11.0 Å². The first kappa shape index (κ1) is 18.4. The number of hydrogen-bond donors (Lipinski definition) is 1. The molecule has 2 atom stereocenters. The van der Waals surface area contributed by atoms with Gasteiger partial charge in [-0.05, 0) is 55.5 Å². The summed E-state index contributed by atoms with van der Waals surface area (Å²) in [7, 11) is 1.95. The Labute approximate surface area is 164 Å². The second kappa shape index (κ2) is 7.58. The number of aromatic nitrogens is 2. The molecule has 1 N–H and O–H groups in total. The van der Waals surface area contributed by atoms with Crippen molar-refractivity contribution in [1.82, 2.24) is 9.55 Å². The number of carbonyl (C=O) groups is 2. The van der Waals surface area contributed by atoms with E-state index in [0.717, 1.165) is 53.5 Å². The van der Waals surface area contributed by atoms with Crippen molar-refractivity contribution in [1.29, 1.82) is 0 Å². The van der Waals surface area contributed by atoms with Crippen LogP contribution in [-0.4, -0.2) is 21.2 Å². The van der Waals surface area contributed by atoms with Gasteiger partial charge in [0.15, 0.2) is 0 Å². The maximum absolute atomic E-state index is 12.7. The van der Waals surface area contributed by atoms with Crippen LogP contribution < -0.4 is 5.32 Å². The second-order valence-electron chi connectivity index (χ2n) is 7.77. The van der Waals surface area contributed by atoms with Crippen molar-refractivity contribution < 1.29 is 9.59 Å². The lowest BCUT2D eigenvalue weighted by atomic mass is 9.94. The molecule has 1 aromatic heterocycles. The Morgan fingerprint density at radius 1 is 1.25 bits per heavy atom. The molecule has 0 aliphatic heterocycles. The third-order valence-electron chi connectivity index (χ3n) is 5.78. The largest absolute Gasteiger partial charge is 0.334 e. The van der Waals surface area contributed by atoms with Gasteiger partial charge < -0.3 is 9.88 Å². The number of aryl methyl sites for hydroxylation is 1. The fraction of sp³-hybridized carbons (Fsp3) is 0.348. The van der Waals surface area contributed by atoms with Gasteiger partial charge in [0, 0.05) is 25.1 Å². The van der Waals surface area contributed by atoms with E-state index >= 15 is 0 Å². The zero-order valence-corrected chi connectivity index (χ0v) is 16.3. The van der Waals surface area contributed by atoms with Crippen molar-refractivity contribution in [3.63, 3.8) is 0 Å². The minimum absolute atomic E-state index is 0.0472. The van der Waals surface area contributed by atoms with Crippen molar-refractivity contribution in [3.05, 3.63) is 59.9 Å². The monoisotopic (exact) mass is 375 g/mol. The summed E-state index contributed by atoms with van der Waals surface area (Å²) in [6.45, 7) is 1.91. The van der Waals surface area contributed by atoms with E-state index in [0.29, 0.717) is 5.78 Å². The van der Waals surface area contributed by atoms with Gasteiger partial charge in [0.25, 0.3) is 0 Å². The number of hydrogen-bond acceptors (Lipinski definition) is 3. The molecule has 1 amide bonds. The molecule has 0 unspecified atom stereocenters. The number of nitrogens with one attached hydrogen (secondary N) is 1. The molecule has 5 nitrogen and oxygen atoms in total. The quantitative estimate of drug-likeness (QED) is 0.726. The number of carbonyl (C=O) groups excluding carboxylic acids is 2. The van der Waals surface area contributed by atoms with E-state index in [1.807, 2.05) is 61.0 Å². The van der Waals surface area contributed by atoms with Gasteiger partial charge in [-0.25, -0.2) is 4.98 Å². The van der Waals surface area contributed by atoms with Crippen LogP contribution in [0.2, 0.25) is 0 Å². The number of nitrogens with zero attached hydrogens (tertiary/aromatic N) is 2. The van der Waals surface area contributed by atoms with E-state index < -0.39 is 0 Å². The minimum atomic E-state index is -0.262. The number of ketones is 1. The minimum Gasteiger partial charge on any atom is -0.334 e. The molecular formula is C23H25N3O2. The Balaban J connectivity index is 1.41. The van der Waals surface area contributed by atoms with Crippen LogP contribution in [0.1, 0.15) is 43.2 Å². The molecule has 0 radical (unpaired) electrons. The van der Waals surface area contributed by atoms with Crippen molar-refractivity contribution in [2.75, 3.05) is 5.32 Å². The number of amides is 1. The van der Waals surface area contributed by atoms with Crippen LogP contribution >= 0.6 is 0 Å². The Morgan fingerprint density at radius 3 is 2.75 bits per heavy atom. The van der Waals surface area contributed by atoms with E-state index in [1.165, 1.54) is 0 Å². The third kappa shape index (κ3) is 3.70. The molecule has 5 heteroatoms. The van der Waals surface area contributed by atoms with Crippen LogP contribution in [0.5, 0.6) is 0 Å². The van der Waals surface area contributed by atoms with Crippen molar-refractivity contribution in [2.45, 2.75) is 38.5 Å². The normalized spacial score (nSPS) is 17.8. The summed E-state index contributed by atoms with van der Waals surface area (Å²) >= 11 is 0. The predicted molar refractivity (Wildman–Crippen MR) is 110 cm³/mol. The number of benzene rings is 2. The van der Waals surface area contributed by atoms with Gasteiger partial charge >= 0.3 is 0 Å². The van der Waals surface area contributed by atoms with E-state index in [2.05, 4.69) is 10.3 Å². The van der Waals surface area contributed by atoms with Crippen LogP contribution in [0.4, 0.5) is 5.69 Å². The Kier molecular flexibility index (Phi) is 4.99. The molecule has 1 fully saturated rings. The molecular weight excluding hydrogens is 350 g/mol. The van der Waals surface area contributed by atoms with Gasteiger partial charge in [0.2, 0.25) is 5.91 Å². The molecule has 4 rings (SSSR count). The first-order chi connectivity index (χ1) is 13.5. The van der Waals surface area contributed by atoms with E-state index in [4.69, 9.17) is 0 Å². The average Bonchev–Trinajstić information content (AvgIpc) is 3.27. The fourth-order valence-electron chi connectivity index (χ4n) is 3.95. The summed E-state index contributed by atoms with van der Waals surface area (Å²) in [5.41, 5.74) is 4.77. The zero-order valence-electron chi connectivity index (χ0n) is 16.3. The van der Waals surface area contributed by atoms with Gasteiger partial charge in [-0.2, -0.15) is 0 Å². The van der Waals surface area contributed by atoms with Gasteiger partial charge in [-0.3, -0.25) is 9.59 Å². The Bertz CT molecular complexity index is 1020. The summed E-state index contributed by atoms with van der Waals surface area (Å²) in [6, 6.07) is 13.8. The highest BCUT2D eigenvalue weighted by Gasteiger charge is 2.24. The molecule has 1 saturated carbocycles. The molecule has 28 heavy (non-hydrogen) atoms. The van der Waals surface area contributed by atoms with E-state index in [1.54, 1.807) is 6.33 Å². The summed E-state index contributed by atoms with van der Waals surface area (Å²) in [4.78, 5) is 28.9. The predicted octanol–water partition coefficient (Wildman–Crippen LogP) is 4.23. The highest BCUT2D eigenvalue weighted by molar-refractivity contribution is 5.97. The molecule has 2 aromatic carbocycles. The summed E-state index contributed by atoms with van der Waals surface area (Å²) in [6.07, 6.45) is 5.32. The fourth-order valence-corrected chi connectivity index (χ4v) is 3.95. The molecule has 0 saturated heterocycles. The molecule has 1 aliphatic rings. The van der Waals surface area contributed by atoms with E-state index in [9.17, 15) is 9.59 Å². The summed E-state index contributed by atoms with van der Waals surface area (Å²) in [5.74, 6) is 0.255. The van der Waals surface area contributed by atoms with Gasteiger partial charge in [0.05, 0.1) is 23.3 Å². The van der Waals surface area contributed by atoms with Gasteiger partial charge in [-0.1, -0.05) is 24.3 Å². The topological polar surface area (TPSA) is 64.0 Å². The summed E-state index contributed by atoms with van der Waals surface area (Å²) in [5, 5.41) is 2.99. The zero-order chi connectivity index (χ0) is 19.7. The molecule has 0 spiro atoms. The van der Waals surface area contributed by atoms with Gasteiger partial charge in [0.1, 0.15) is 5.78 Å². The number of rotatable bonds is 5. The third-order valence-corrected chi connectivity index (χ3v) is 5.78. The SMILES string of the molecule is C[C@H](C(=O)Nc1ccc2c(c1)ncn2C)c1ccc(C[C@@H]2CCCC2=O)cc1. The Hall–Kier alpha value is -2.95. The second-order valence-corrected chi connectivity index (χ2v) is 7.77. The lowest BCUT2D eigenvalue weighted by molar-refractivity contribution is -0.120. The maximum Gasteiger partial charge on any atom is 0.231 e. The molecule has 1 heterocycles.